The van der Waals surface area contributed by atoms with E-state index < -0.39 is 112 Å². The number of halogens is 6. The molecule has 0 fully saturated rings. The van der Waals surface area contributed by atoms with Crippen molar-refractivity contribution in [3.63, 3.8) is 0 Å². The number of rotatable bonds is 20. The van der Waals surface area contributed by atoms with Gasteiger partial charge in [0.15, 0.2) is 0 Å². The number of carbonyl (C=O) groups excluding carboxylic acids is 6. The van der Waals surface area contributed by atoms with Gasteiger partial charge in [0.05, 0.1) is 118 Å². The Bertz CT molecular complexity index is 1870. The van der Waals surface area contributed by atoms with Gasteiger partial charge in [-0.05, 0) is 136 Å². The van der Waals surface area contributed by atoms with E-state index in [9.17, 15) is 74.7 Å². The molecule has 0 aromatic heterocycles. The van der Waals surface area contributed by atoms with Crippen LogP contribution in [0.2, 0.25) is 0 Å². The molecule has 0 aliphatic heterocycles. The van der Waals surface area contributed by atoms with Gasteiger partial charge >= 0.3 is 0 Å². The summed E-state index contributed by atoms with van der Waals surface area (Å²) in [5.74, 6) is -5.27. The van der Waals surface area contributed by atoms with Crippen molar-refractivity contribution in [2.24, 2.45) is 0 Å². The van der Waals surface area contributed by atoms with Crippen molar-refractivity contribution < 1.29 is 74.7 Å². The van der Waals surface area contributed by atoms with Crippen LogP contribution in [0, 0.1) is 21.4 Å². The summed E-state index contributed by atoms with van der Waals surface area (Å²) < 4.78 is 0.496. The maximum atomic E-state index is 13.9. The molecular formula is C32H38I6N6O15. The molecule has 2 aromatic carbocycles. The van der Waals surface area contributed by atoms with Gasteiger partial charge in [-0.25, -0.2) is 0 Å². The molecule has 0 spiro atoms. The van der Waals surface area contributed by atoms with Crippen molar-refractivity contribution in [2.45, 2.75) is 30.4 Å². The number of anilines is 2. The molecular weight excluding hydrogens is 1470 g/mol. The minimum atomic E-state index is -1.59. The molecule has 14 N–H and O–H groups in total. The van der Waals surface area contributed by atoms with Gasteiger partial charge in [0.25, 0.3) is 23.6 Å². The topological polar surface area (TPSA) is 348 Å². The van der Waals surface area contributed by atoms with Gasteiger partial charge < -0.3 is 77.4 Å². The first kappa shape index (κ1) is 54.4. The van der Waals surface area contributed by atoms with Crippen LogP contribution >= 0.6 is 136 Å². The van der Waals surface area contributed by atoms with Crippen LogP contribution in [0.25, 0.3) is 0 Å². The summed E-state index contributed by atoms with van der Waals surface area (Å²) in [6.45, 7) is -5.94. The Morgan fingerprint density at radius 3 is 1.34 bits per heavy atom. The fourth-order valence-corrected chi connectivity index (χ4v) is 14.1. The first-order chi connectivity index (χ1) is 27.7. The fraction of sp³-hybridized carbons (Fsp3) is 0.438. The number of nitrogens with zero attached hydrogens (tertiary/aromatic N) is 1. The van der Waals surface area contributed by atoms with Gasteiger partial charge in [-0.2, -0.15) is 0 Å². The van der Waals surface area contributed by atoms with Crippen LogP contribution < -0.4 is 31.5 Å². The molecule has 0 heterocycles. The molecule has 27 heteroatoms. The number of likely N-dealkylation sites (N-methyl/N-ethyl adjacent to an activating group) is 1. The predicted molar refractivity (Wildman–Crippen MR) is 259 cm³/mol. The summed E-state index contributed by atoms with van der Waals surface area (Å²) >= 11 is 10.4. The second-order valence-electron chi connectivity index (χ2n) is 12.0. The Morgan fingerprint density at radius 1 is 0.559 bits per heavy atom. The van der Waals surface area contributed by atoms with Crippen LogP contribution in [0.15, 0.2) is 0 Å². The van der Waals surface area contributed by atoms with Gasteiger partial charge in [-0.15, -0.1) is 0 Å². The summed E-state index contributed by atoms with van der Waals surface area (Å²) in [6, 6.07) is -2.73. The summed E-state index contributed by atoms with van der Waals surface area (Å²) in [6.07, 6.45) is -4.48. The van der Waals surface area contributed by atoms with Gasteiger partial charge in [0, 0.05) is 20.7 Å². The van der Waals surface area contributed by atoms with Crippen LogP contribution in [-0.4, -0.2) is 172 Å². The lowest BCUT2D eigenvalue weighted by Crippen LogP contribution is -2.49. The lowest BCUT2D eigenvalue weighted by atomic mass is 10.0. The van der Waals surface area contributed by atoms with E-state index in [1.807, 2.05) is 0 Å². The SMILES string of the molecule is CN(C(=O)CNC(=O)c1c(I)c(NC(=O)CO)c(I)c(C(=O)NCC(O)CO)c1I)c1c(I)c(C(=O)NC(CO)C(O)CO)c(I)c(C(=O)NC(CO)C(O)CO)c1I. The highest BCUT2D eigenvalue weighted by molar-refractivity contribution is 14.1. The number of amides is 6. The van der Waals surface area contributed by atoms with Crippen molar-refractivity contribution in [3.05, 3.63) is 43.7 Å². The standard InChI is InChI=1S/C32H38I6N6O15/c1-44(16(55)3-40-30(57)18-21(33)17(29(56)39-2-10(51)4-45)23(35)27(24(18)36)43-15(54)9-50)28-25(37)19(31(58)41-11(5-46)13(52)7-48)22(34)20(26(28)38)32(59)42-12(6-47)14(53)8-49/h10-14,45-53H,2-9H2,1H3,(H,39,56)(H,40,57)(H,41,58)(H,42,59)(H,43,54). The molecule has 2 rings (SSSR count). The summed E-state index contributed by atoms with van der Waals surface area (Å²) in [7, 11) is 1.27. The lowest BCUT2D eigenvalue weighted by molar-refractivity contribution is -0.119. The number of carbonyl (C=O) groups is 6. The first-order valence-electron chi connectivity index (χ1n) is 16.5. The Labute approximate surface area is 417 Å². The predicted octanol–water partition coefficient (Wildman–Crippen LogP) is -2.39. The summed E-state index contributed by atoms with van der Waals surface area (Å²) in [5, 5.41) is 99.1. The number of hydrogen-bond acceptors (Lipinski definition) is 15. The van der Waals surface area contributed by atoms with Crippen molar-refractivity contribution in [1.29, 1.82) is 0 Å². The average Bonchev–Trinajstić information content (AvgIpc) is 3.20. The summed E-state index contributed by atoms with van der Waals surface area (Å²) in [5.41, 5.74) is -0.768. The third-order valence-corrected chi connectivity index (χ3v) is 14.5. The largest absolute Gasteiger partial charge is 0.394 e. The fourth-order valence-electron chi connectivity index (χ4n) is 4.81. The maximum absolute atomic E-state index is 13.9. The Morgan fingerprint density at radius 2 is 0.966 bits per heavy atom. The van der Waals surface area contributed by atoms with Crippen LogP contribution in [0.4, 0.5) is 11.4 Å². The van der Waals surface area contributed by atoms with E-state index in [1.54, 1.807) is 136 Å². The zero-order chi connectivity index (χ0) is 45.0. The van der Waals surface area contributed by atoms with Crippen molar-refractivity contribution in [3.8, 4) is 0 Å². The summed E-state index contributed by atoms with van der Waals surface area (Å²) in [4.78, 5) is 81.8. The van der Waals surface area contributed by atoms with Crippen molar-refractivity contribution >= 4 is 182 Å². The first-order valence-corrected chi connectivity index (χ1v) is 23.0. The molecule has 5 unspecified atom stereocenters. The molecule has 0 radical (unpaired) electrons. The van der Waals surface area contributed by atoms with E-state index in [2.05, 4.69) is 26.6 Å². The quantitative estimate of drug-likeness (QED) is 0.0616. The zero-order valence-electron chi connectivity index (χ0n) is 30.2. The zero-order valence-corrected chi connectivity index (χ0v) is 43.2. The molecule has 59 heavy (non-hydrogen) atoms. The normalized spacial score (nSPS) is 13.7. The van der Waals surface area contributed by atoms with E-state index in [4.69, 9.17) is 0 Å². The maximum Gasteiger partial charge on any atom is 0.253 e. The number of aliphatic hydroxyl groups is 9. The van der Waals surface area contributed by atoms with Crippen LogP contribution in [-0.2, 0) is 9.59 Å². The highest BCUT2D eigenvalue weighted by Crippen LogP contribution is 2.38. The molecule has 6 amide bonds. The minimum absolute atomic E-state index is 0.00711. The monoisotopic (exact) mass is 1510 g/mol. The number of nitrogens with one attached hydrogen (secondary N) is 5. The molecule has 0 bridgehead atoms. The molecule has 2 aromatic rings. The van der Waals surface area contributed by atoms with Crippen molar-refractivity contribution in [1.82, 2.24) is 21.3 Å². The Hall–Kier alpha value is -0.720. The van der Waals surface area contributed by atoms with E-state index >= 15 is 0 Å². The third kappa shape index (κ3) is 13.6. The molecule has 0 aliphatic carbocycles. The number of benzene rings is 2. The van der Waals surface area contributed by atoms with Gasteiger partial charge in [0.1, 0.15) is 6.61 Å². The number of aliphatic hydroxyl groups excluding tert-OH is 9. The van der Waals surface area contributed by atoms with Gasteiger partial charge in [-0.3, -0.25) is 28.8 Å². The van der Waals surface area contributed by atoms with Gasteiger partial charge in [0.2, 0.25) is 11.8 Å². The highest BCUT2D eigenvalue weighted by Gasteiger charge is 2.34. The van der Waals surface area contributed by atoms with E-state index in [0.717, 1.165) is 4.90 Å². The second kappa shape index (κ2) is 25.5. The Kier molecular flexibility index (Phi) is 23.6. The Balaban J connectivity index is 2.70. The smallest absolute Gasteiger partial charge is 0.253 e. The van der Waals surface area contributed by atoms with Gasteiger partial charge in [-0.1, -0.05) is 0 Å². The number of hydrogen-bond donors (Lipinski definition) is 14. The van der Waals surface area contributed by atoms with Crippen LogP contribution in [0.1, 0.15) is 41.4 Å². The van der Waals surface area contributed by atoms with Crippen molar-refractivity contribution in [2.75, 3.05) is 70.0 Å². The lowest BCUT2D eigenvalue weighted by Gasteiger charge is -2.27. The van der Waals surface area contributed by atoms with Crippen LogP contribution in [0.3, 0.4) is 0 Å². The molecule has 21 nitrogen and oxygen atoms in total. The van der Waals surface area contributed by atoms with E-state index in [0.29, 0.717) is 0 Å². The van der Waals surface area contributed by atoms with E-state index in [-0.39, 0.29) is 61.6 Å². The third-order valence-electron chi connectivity index (χ3n) is 8.08. The molecule has 0 aliphatic rings. The molecule has 0 saturated carbocycles. The molecule has 0 saturated heterocycles. The minimum Gasteiger partial charge on any atom is -0.394 e. The van der Waals surface area contributed by atoms with Crippen LogP contribution in [0.5, 0.6) is 0 Å². The van der Waals surface area contributed by atoms with E-state index in [1.165, 1.54) is 7.05 Å². The highest BCUT2D eigenvalue weighted by atomic mass is 127. The average molecular weight is 1510 g/mol. The second-order valence-corrected chi connectivity index (χ2v) is 18.5. The molecule has 328 valence electrons. The molecule has 5 atom stereocenters.